The van der Waals surface area contributed by atoms with Crippen LogP contribution < -0.4 is 10.1 Å². The minimum absolute atomic E-state index is 0.157. The van der Waals surface area contributed by atoms with Gasteiger partial charge in [0.2, 0.25) is 0 Å². The first kappa shape index (κ1) is 18.0. The number of hydrogen-bond acceptors (Lipinski definition) is 5. The second-order valence-electron chi connectivity index (χ2n) is 4.91. The Balaban J connectivity index is 1.81. The van der Waals surface area contributed by atoms with Gasteiger partial charge in [0.1, 0.15) is 6.33 Å². The molecule has 1 amide bonds. The predicted molar refractivity (Wildman–Crippen MR) is 90.2 cm³/mol. The van der Waals surface area contributed by atoms with E-state index < -0.39 is 12.5 Å². The lowest BCUT2D eigenvalue weighted by Crippen LogP contribution is -2.13. The zero-order valence-corrected chi connectivity index (χ0v) is 14.2. The number of nitrogens with one attached hydrogen (secondary N) is 1. The molecule has 0 aliphatic rings. The maximum atomic E-state index is 12.4. The van der Waals surface area contributed by atoms with Crippen molar-refractivity contribution in [3.05, 3.63) is 58.3 Å². The topological polar surface area (TPSA) is 81.9 Å². The van der Waals surface area contributed by atoms with Gasteiger partial charge in [0, 0.05) is 11.3 Å². The van der Waals surface area contributed by atoms with E-state index in [1.165, 1.54) is 23.1 Å². The second kappa shape index (κ2) is 7.63. The molecule has 3 rings (SSSR count). The van der Waals surface area contributed by atoms with Crippen molar-refractivity contribution < 1.29 is 18.3 Å². The van der Waals surface area contributed by atoms with Crippen LogP contribution in [-0.2, 0) is 0 Å². The fourth-order valence-electron chi connectivity index (χ4n) is 2.11. The van der Waals surface area contributed by atoms with Crippen LogP contribution in [0.15, 0.2) is 42.7 Å². The van der Waals surface area contributed by atoms with Crippen molar-refractivity contribution in [1.82, 2.24) is 20.2 Å². The van der Waals surface area contributed by atoms with E-state index in [1.807, 2.05) is 0 Å². The van der Waals surface area contributed by atoms with Crippen molar-refractivity contribution in [2.24, 2.45) is 0 Å². The molecule has 0 aliphatic heterocycles. The number of ether oxygens (including phenoxy) is 1. The predicted octanol–water partition coefficient (Wildman–Crippen LogP) is 3.82. The number of alkyl halides is 2. The minimum Gasteiger partial charge on any atom is -0.432 e. The lowest BCUT2D eigenvalue weighted by Gasteiger charge is -2.12. The average Bonchev–Trinajstić information content (AvgIpc) is 3.13. The summed E-state index contributed by atoms with van der Waals surface area (Å²) in [5.74, 6) is -0.823. The summed E-state index contributed by atoms with van der Waals surface area (Å²) in [4.78, 5) is 12.4. The largest absolute Gasteiger partial charge is 0.432 e. The van der Waals surface area contributed by atoms with E-state index in [1.54, 1.807) is 24.3 Å². The van der Waals surface area contributed by atoms with E-state index in [0.717, 1.165) is 0 Å². The van der Waals surface area contributed by atoms with Crippen LogP contribution >= 0.6 is 23.2 Å². The molecule has 2 aromatic carbocycles. The summed E-state index contributed by atoms with van der Waals surface area (Å²) >= 11 is 11.8. The Labute approximate surface area is 155 Å². The molecule has 1 aromatic heterocycles. The Morgan fingerprint density at radius 1 is 1.19 bits per heavy atom. The molecule has 0 aliphatic carbocycles. The maximum Gasteiger partial charge on any atom is 0.387 e. The third-order valence-electron chi connectivity index (χ3n) is 3.18. The SMILES string of the molecule is O=C(Nc1cc(Cl)c(OC(F)F)c(Cl)c1)c1cccc(-n2cnnn2)c1. The first-order valence-electron chi connectivity index (χ1n) is 7.02. The highest BCUT2D eigenvalue weighted by molar-refractivity contribution is 6.37. The van der Waals surface area contributed by atoms with Gasteiger partial charge >= 0.3 is 6.61 Å². The van der Waals surface area contributed by atoms with E-state index >= 15 is 0 Å². The number of hydrogen-bond donors (Lipinski definition) is 1. The third kappa shape index (κ3) is 4.06. The van der Waals surface area contributed by atoms with Gasteiger partial charge in [-0.25, -0.2) is 4.68 Å². The smallest absolute Gasteiger partial charge is 0.387 e. The number of rotatable bonds is 5. The molecule has 1 heterocycles. The zero-order valence-electron chi connectivity index (χ0n) is 12.7. The molecule has 1 N–H and O–H groups in total. The van der Waals surface area contributed by atoms with Crippen molar-refractivity contribution in [1.29, 1.82) is 0 Å². The van der Waals surface area contributed by atoms with Gasteiger partial charge in [0.25, 0.3) is 5.91 Å². The number of carbonyl (C=O) groups is 1. The van der Waals surface area contributed by atoms with E-state index in [0.29, 0.717) is 11.3 Å². The number of tetrazole rings is 1. The van der Waals surface area contributed by atoms with Crippen molar-refractivity contribution in [3.63, 3.8) is 0 Å². The molecule has 0 saturated carbocycles. The Bertz CT molecular complexity index is 915. The molecule has 0 bridgehead atoms. The molecule has 0 atom stereocenters. The molecule has 134 valence electrons. The summed E-state index contributed by atoms with van der Waals surface area (Å²) in [6, 6.07) is 9.05. The van der Waals surface area contributed by atoms with Gasteiger partial charge in [-0.05, 0) is 40.8 Å². The van der Waals surface area contributed by atoms with Crippen molar-refractivity contribution in [2.45, 2.75) is 6.61 Å². The highest BCUT2D eigenvalue weighted by Gasteiger charge is 2.16. The quantitative estimate of drug-likeness (QED) is 0.704. The molecule has 26 heavy (non-hydrogen) atoms. The first-order valence-corrected chi connectivity index (χ1v) is 7.78. The molecule has 0 fully saturated rings. The van der Waals surface area contributed by atoms with Crippen molar-refractivity contribution in [2.75, 3.05) is 5.32 Å². The van der Waals surface area contributed by atoms with Gasteiger partial charge < -0.3 is 10.1 Å². The zero-order chi connectivity index (χ0) is 18.7. The summed E-state index contributed by atoms with van der Waals surface area (Å²) in [6.45, 7) is -3.07. The number of carbonyl (C=O) groups excluding carboxylic acids is 1. The normalized spacial score (nSPS) is 10.8. The summed E-state index contributed by atoms with van der Waals surface area (Å²) in [5, 5.41) is 13.1. The molecule has 3 aromatic rings. The summed E-state index contributed by atoms with van der Waals surface area (Å²) in [6.07, 6.45) is 1.39. The van der Waals surface area contributed by atoms with Gasteiger partial charge in [-0.3, -0.25) is 4.79 Å². The number of benzene rings is 2. The van der Waals surface area contributed by atoms with Crippen LogP contribution in [0.3, 0.4) is 0 Å². The Morgan fingerprint density at radius 3 is 2.54 bits per heavy atom. The van der Waals surface area contributed by atoms with Crippen LogP contribution in [0, 0.1) is 0 Å². The third-order valence-corrected chi connectivity index (χ3v) is 3.75. The Hall–Kier alpha value is -2.78. The van der Waals surface area contributed by atoms with Gasteiger partial charge in [0.15, 0.2) is 5.75 Å². The molecule has 0 saturated heterocycles. The number of halogens is 4. The lowest BCUT2D eigenvalue weighted by atomic mass is 10.2. The van der Waals surface area contributed by atoms with Crippen LogP contribution in [0.1, 0.15) is 10.4 Å². The Morgan fingerprint density at radius 2 is 1.92 bits per heavy atom. The van der Waals surface area contributed by atoms with E-state index in [4.69, 9.17) is 23.2 Å². The monoisotopic (exact) mass is 399 g/mol. The fourth-order valence-corrected chi connectivity index (χ4v) is 2.68. The molecular weight excluding hydrogens is 391 g/mol. The van der Waals surface area contributed by atoms with Crippen molar-refractivity contribution in [3.8, 4) is 11.4 Å². The maximum absolute atomic E-state index is 12.4. The lowest BCUT2D eigenvalue weighted by molar-refractivity contribution is -0.0497. The van der Waals surface area contributed by atoms with Gasteiger partial charge in [-0.2, -0.15) is 8.78 Å². The molecule has 0 spiro atoms. The number of anilines is 1. The molecule has 11 heteroatoms. The summed E-state index contributed by atoms with van der Waals surface area (Å²) in [5.41, 5.74) is 1.12. The van der Waals surface area contributed by atoms with Crippen LogP contribution in [0.4, 0.5) is 14.5 Å². The summed E-state index contributed by atoms with van der Waals surface area (Å²) in [7, 11) is 0. The molecule has 0 radical (unpaired) electrons. The van der Waals surface area contributed by atoms with Crippen LogP contribution in [-0.4, -0.2) is 32.7 Å². The van der Waals surface area contributed by atoms with Gasteiger partial charge in [-0.15, -0.1) is 5.10 Å². The number of nitrogens with zero attached hydrogens (tertiary/aromatic N) is 4. The molecule has 0 unspecified atom stereocenters. The second-order valence-corrected chi connectivity index (χ2v) is 5.72. The summed E-state index contributed by atoms with van der Waals surface area (Å²) < 4.78 is 30.3. The first-order chi connectivity index (χ1) is 12.4. The van der Waals surface area contributed by atoms with Gasteiger partial charge in [0.05, 0.1) is 15.7 Å². The fraction of sp³-hybridized carbons (Fsp3) is 0.0667. The standard InChI is InChI=1S/C15H9Cl2F2N5O2/c16-11-5-9(6-12(17)13(11)26-15(18)19)21-14(25)8-2-1-3-10(4-8)24-7-20-22-23-24/h1-7,15H,(H,21,25). The Kier molecular flexibility index (Phi) is 5.29. The van der Waals surface area contributed by atoms with E-state index in [9.17, 15) is 13.6 Å². The number of amides is 1. The van der Waals surface area contributed by atoms with Crippen LogP contribution in [0.5, 0.6) is 5.75 Å². The highest BCUT2D eigenvalue weighted by atomic mass is 35.5. The average molecular weight is 400 g/mol. The van der Waals surface area contributed by atoms with Gasteiger partial charge in [-0.1, -0.05) is 29.3 Å². The molecule has 7 nitrogen and oxygen atoms in total. The minimum atomic E-state index is -3.07. The van der Waals surface area contributed by atoms with Crippen LogP contribution in [0.25, 0.3) is 5.69 Å². The van der Waals surface area contributed by atoms with E-state index in [-0.39, 0.29) is 21.5 Å². The van der Waals surface area contributed by atoms with E-state index in [2.05, 4.69) is 25.6 Å². The molecular formula is C15H9Cl2F2N5O2. The highest BCUT2D eigenvalue weighted by Crippen LogP contribution is 2.37. The van der Waals surface area contributed by atoms with Crippen LogP contribution in [0.2, 0.25) is 10.0 Å². The number of aromatic nitrogens is 4. The van der Waals surface area contributed by atoms with Crippen molar-refractivity contribution >= 4 is 34.8 Å².